The van der Waals surface area contributed by atoms with E-state index in [-0.39, 0.29) is 11.7 Å². The fraction of sp³-hybridized carbons (Fsp3) is 0.231. The summed E-state index contributed by atoms with van der Waals surface area (Å²) in [5.74, 6) is 1.42. The molecule has 2 heterocycles. The largest absolute Gasteiger partial charge is 0.454 e. The van der Waals surface area contributed by atoms with Gasteiger partial charge in [0, 0.05) is 22.0 Å². The molecule has 0 fully saturated rings. The molecule has 0 atom stereocenters. The molecule has 0 amide bonds. The lowest BCUT2D eigenvalue weighted by atomic mass is 10.0. The van der Waals surface area contributed by atoms with Crippen LogP contribution in [0.15, 0.2) is 28.5 Å². The smallest absolute Gasteiger partial charge is 0.262 e. The summed E-state index contributed by atoms with van der Waals surface area (Å²) >= 11 is 1.38. The van der Waals surface area contributed by atoms with Gasteiger partial charge in [-0.05, 0) is 41.6 Å². The third kappa shape index (κ3) is 2.51. The minimum atomic E-state index is -3.71. The molecular weight excluding hydrogens is 320 g/mol. The van der Waals surface area contributed by atoms with Crippen LogP contribution >= 0.6 is 22.0 Å². The summed E-state index contributed by atoms with van der Waals surface area (Å²) in [6, 6.07) is 5.33. The average molecular weight is 331 g/mol. The van der Waals surface area contributed by atoms with Crippen LogP contribution in [0.1, 0.15) is 16.0 Å². The van der Waals surface area contributed by atoms with Crippen LogP contribution in [0.25, 0.3) is 0 Å². The van der Waals surface area contributed by atoms with E-state index in [9.17, 15) is 8.42 Å². The van der Waals surface area contributed by atoms with Crippen molar-refractivity contribution in [2.45, 2.75) is 18.2 Å². The molecule has 4 nitrogen and oxygen atoms in total. The number of hydrogen-bond donors (Lipinski definition) is 0. The van der Waals surface area contributed by atoms with Gasteiger partial charge in [-0.3, -0.25) is 0 Å². The topological polar surface area (TPSA) is 52.6 Å². The molecule has 2 aromatic rings. The third-order valence-electron chi connectivity index (χ3n) is 3.15. The monoisotopic (exact) mass is 330 g/mol. The predicted molar refractivity (Wildman–Crippen MR) is 77.5 cm³/mol. The van der Waals surface area contributed by atoms with E-state index in [1.807, 2.05) is 19.1 Å². The molecule has 0 saturated carbocycles. The van der Waals surface area contributed by atoms with Crippen molar-refractivity contribution in [1.29, 1.82) is 0 Å². The minimum Gasteiger partial charge on any atom is -0.454 e. The first-order valence-corrected chi connectivity index (χ1v) is 9.04. The third-order valence-corrected chi connectivity index (χ3v) is 5.61. The van der Waals surface area contributed by atoms with Crippen LogP contribution in [-0.4, -0.2) is 15.2 Å². The molecule has 0 radical (unpaired) electrons. The number of ether oxygens (including phenoxy) is 2. The molecule has 106 valence electrons. The van der Waals surface area contributed by atoms with Crippen LogP contribution < -0.4 is 9.47 Å². The van der Waals surface area contributed by atoms with Gasteiger partial charge in [-0.2, -0.15) is 0 Å². The number of benzene rings is 1. The fourth-order valence-corrected chi connectivity index (χ4v) is 4.62. The van der Waals surface area contributed by atoms with Crippen LogP contribution in [0.3, 0.4) is 0 Å². The Morgan fingerprint density at radius 2 is 2.00 bits per heavy atom. The van der Waals surface area contributed by atoms with Crippen LogP contribution in [0.2, 0.25) is 0 Å². The van der Waals surface area contributed by atoms with Crippen molar-refractivity contribution in [1.82, 2.24) is 0 Å². The molecule has 0 aliphatic carbocycles. The van der Waals surface area contributed by atoms with Crippen LogP contribution in [0.4, 0.5) is 0 Å². The van der Waals surface area contributed by atoms with Crippen molar-refractivity contribution in [3.05, 3.63) is 39.6 Å². The summed E-state index contributed by atoms with van der Waals surface area (Å²) in [6.07, 6.45) is 0.501. The van der Waals surface area contributed by atoms with E-state index < -0.39 is 9.05 Å². The molecule has 1 aliphatic rings. The van der Waals surface area contributed by atoms with Gasteiger partial charge in [0.2, 0.25) is 6.79 Å². The number of halogens is 1. The maximum Gasteiger partial charge on any atom is 0.262 e. The first-order chi connectivity index (χ1) is 9.45. The molecule has 0 spiro atoms. The van der Waals surface area contributed by atoms with Crippen molar-refractivity contribution in [2.75, 3.05) is 6.79 Å². The van der Waals surface area contributed by atoms with Gasteiger partial charge >= 0.3 is 0 Å². The van der Waals surface area contributed by atoms with E-state index in [2.05, 4.69) is 0 Å². The molecule has 0 saturated heterocycles. The van der Waals surface area contributed by atoms with Crippen molar-refractivity contribution in [3.8, 4) is 11.5 Å². The molecule has 1 aliphatic heterocycles. The van der Waals surface area contributed by atoms with E-state index in [0.717, 1.165) is 21.8 Å². The van der Waals surface area contributed by atoms with Gasteiger partial charge in [-0.25, -0.2) is 8.42 Å². The second-order valence-corrected chi connectivity index (χ2v) is 7.99. The second-order valence-electron chi connectivity index (χ2n) is 4.45. The Hall–Kier alpha value is -1.24. The van der Waals surface area contributed by atoms with Crippen molar-refractivity contribution in [2.24, 2.45) is 0 Å². The molecular formula is C13H11ClO4S2. The van der Waals surface area contributed by atoms with E-state index in [4.69, 9.17) is 20.2 Å². The highest BCUT2D eigenvalue weighted by molar-refractivity contribution is 8.13. The Kier molecular flexibility index (Phi) is 3.40. The standard InChI is InChI=1S/C13H11ClO4S2/c1-8-4-10-11(18-7-17-10)5-9(8)6-12-13(2-3-19-12)20(14,15)16/h2-5H,6-7H2,1H3. The van der Waals surface area contributed by atoms with Gasteiger partial charge in [0.1, 0.15) is 0 Å². The Labute approximate surface area is 125 Å². The van der Waals surface area contributed by atoms with Gasteiger partial charge in [0.05, 0.1) is 4.90 Å². The van der Waals surface area contributed by atoms with Crippen molar-refractivity contribution >= 4 is 31.1 Å². The van der Waals surface area contributed by atoms with Gasteiger partial charge in [0.15, 0.2) is 11.5 Å². The Morgan fingerprint density at radius 1 is 1.30 bits per heavy atom. The molecule has 0 N–H and O–H groups in total. The summed E-state index contributed by atoms with van der Waals surface area (Å²) < 4.78 is 33.7. The summed E-state index contributed by atoms with van der Waals surface area (Å²) in [6.45, 7) is 2.18. The van der Waals surface area contributed by atoms with Crippen LogP contribution in [-0.2, 0) is 15.5 Å². The Balaban J connectivity index is 1.99. The van der Waals surface area contributed by atoms with Crippen molar-refractivity contribution in [3.63, 3.8) is 0 Å². The van der Waals surface area contributed by atoms with Gasteiger partial charge in [-0.15, -0.1) is 11.3 Å². The average Bonchev–Trinajstić information content (AvgIpc) is 2.97. The SMILES string of the molecule is Cc1cc2c(cc1Cc1sccc1S(=O)(=O)Cl)OCO2. The molecule has 20 heavy (non-hydrogen) atoms. The molecule has 0 unspecified atom stereocenters. The summed E-state index contributed by atoms with van der Waals surface area (Å²) in [4.78, 5) is 0.906. The van der Waals surface area contributed by atoms with Gasteiger partial charge in [0.25, 0.3) is 9.05 Å². The maximum atomic E-state index is 11.5. The van der Waals surface area contributed by atoms with E-state index in [1.54, 1.807) is 5.38 Å². The predicted octanol–water partition coefficient (Wildman–Crippen LogP) is 3.30. The minimum absolute atomic E-state index is 0.182. The molecule has 3 rings (SSSR count). The highest BCUT2D eigenvalue weighted by atomic mass is 35.7. The lowest BCUT2D eigenvalue weighted by Crippen LogP contribution is -1.96. The van der Waals surface area contributed by atoms with E-state index in [1.165, 1.54) is 17.4 Å². The lowest BCUT2D eigenvalue weighted by molar-refractivity contribution is 0.174. The zero-order valence-electron chi connectivity index (χ0n) is 10.6. The van der Waals surface area contributed by atoms with Crippen molar-refractivity contribution < 1.29 is 17.9 Å². The highest BCUT2D eigenvalue weighted by Crippen LogP contribution is 2.36. The molecule has 1 aromatic heterocycles. The Bertz CT molecular complexity index is 765. The van der Waals surface area contributed by atoms with E-state index in [0.29, 0.717) is 12.2 Å². The zero-order valence-corrected chi connectivity index (χ0v) is 12.9. The molecule has 0 bridgehead atoms. The number of hydrogen-bond acceptors (Lipinski definition) is 5. The summed E-state index contributed by atoms with van der Waals surface area (Å²) in [5.41, 5.74) is 2.03. The first kappa shape index (κ1) is 13.7. The molecule has 1 aromatic carbocycles. The number of thiophene rings is 1. The highest BCUT2D eigenvalue weighted by Gasteiger charge is 2.20. The van der Waals surface area contributed by atoms with E-state index >= 15 is 0 Å². The van der Waals surface area contributed by atoms with Crippen LogP contribution in [0, 0.1) is 6.92 Å². The maximum absolute atomic E-state index is 11.5. The summed E-state index contributed by atoms with van der Waals surface area (Å²) in [5, 5.41) is 1.73. The number of fused-ring (bicyclic) bond motifs is 1. The van der Waals surface area contributed by atoms with Gasteiger partial charge < -0.3 is 9.47 Å². The lowest BCUT2D eigenvalue weighted by Gasteiger charge is -2.07. The summed E-state index contributed by atoms with van der Waals surface area (Å²) in [7, 11) is 1.73. The Morgan fingerprint density at radius 3 is 2.70 bits per heavy atom. The quantitative estimate of drug-likeness (QED) is 0.810. The van der Waals surface area contributed by atoms with Gasteiger partial charge in [-0.1, -0.05) is 0 Å². The normalized spacial score (nSPS) is 13.7. The number of aryl methyl sites for hydroxylation is 1. The second kappa shape index (κ2) is 4.95. The fourth-order valence-electron chi connectivity index (χ4n) is 2.12. The zero-order chi connectivity index (χ0) is 14.3. The number of rotatable bonds is 3. The first-order valence-electron chi connectivity index (χ1n) is 5.85. The van der Waals surface area contributed by atoms with Crippen LogP contribution in [0.5, 0.6) is 11.5 Å². The molecule has 7 heteroatoms.